The minimum Gasteiger partial charge on any atom is -0.385 e. The first-order valence-corrected chi connectivity index (χ1v) is 6.32. The second-order valence-electron chi connectivity index (χ2n) is 5.02. The topological polar surface area (TPSA) is 38.0 Å². The Labute approximate surface area is 108 Å². The Balaban J connectivity index is 2.20. The molecule has 0 aliphatic rings. The highest BCUT2D eigenvalue weighted by molar-refractivity contribution is 5.28. The van der Waals surface area contributed by atoms with Crippen LogP contribution in [0.2, 0.25) is 0 Å². The van der Waals surface area contributed by atoms with Gasteiger partial charge in [0.15, 0.2) is 0 Å². The average molecular weight is 244 g/mol. The largest absolute Gasteiger partial charge is 0.385 e. The van der Waals surface area contributed by atoms with E-state index < -0.39 is 5.60 Å². The van der Waals surface area contributed by atoms with Crippen molar-refractivity contribution in [3.63, 3.8) is 0 Å². The van der Waals surface area contributed by atoms with Crippen molar-refractivity contribution < 1.29 is 5.11 Å². The van der Waals surface area contributed by atoms with E-state index in [1.807, 2.05) is 55.2 Å². The lowest BCUT2D eigenvalue weighted by Gasteiger charge is -2.23. The number of aromatic nitrogens is 2. The molecule has 0 bridgehead atoms. The molecule has 1 aromatic carbocycles. The van der Waals surface area contributed by atoms with Crippen LogP contribution in [0, 0.1) is 6.92 Å². The average Bonchev–Trinajstić information content (AvgIpc) is 2.76. The van der Waals surface area contributed by atoms with Gasteiger partial charge in [-0.15, -0.1) is 0 Å². The third kappa shape index (κ3) is 2.79. The van der Waals surface area contributed by atoms with Crippen LogP contribution in [0.1, 0.15) is 30.5 Å². The summed E-state index contributed by atoms with van der Waals surface area (Å²) < 4.78 is 1.88. The molecule has 3 nitrogen and oxygen atoms in total. The molecule has 1 aromatic heterocycles. The van der Waals surface area contributed by atoms with Crippen LogP contribution in [0.15, 0.2) is 36.7 Å². The van der Waals surface area contributed by atoms with E-state index in [9.17, 15) is 5.11 Å². The number of aliphatic hydroxyl groups is 1. The quantitative estimate of drug-likeness (QED) is 0.898. The van der Waals surface area contributed by atoms with Gasteiger partial charge in [0.05, 0.1) is 11.8 Å². The van der Waals surface area contributed by atoms with Crippen LogP contribution in [-0.2, 0) is 18.6 Å². The summed E-state index contributed by atoms with van der Waals surface area (Å²) in [5.74, 6) is 0. The van der Waals surface area contributed by atoms with Crippen LogP contribution < -0.4 is 0 Å². The standard InChI is InChI=1S/C15H20N2O/c1-4-17-11-13(10-16-17)9-15(3,18)14-7-5-6-12(2)8-14/h5-8,10-11,18H,4,9H2,1-3H3. The zero-order chi connectivity index (χ0) is 13.2. The van der Waals surface area contributed by atoms with Crippen molar-refractivity contribution in [2.24, 2.45) is 0 Å². The lowest BCUT2D eigenvalue weighted by molar-refractivity contribution is 0.0575. The molecule has 0 radical (unpaired) electrons. The van der Waals surface area contributed by atoms with E-state index in [0.717, 1.165) is 23.2 Å². The summed E-state index contributed by atoms with van der Waals surface area (Å²) in [6, 6.07) is 8.02. The smallest absolute Gasteiger partial charge is 0.0909 e. The second-order valence-corrected chi connectivity index (χ2v) is 5.02. The van der Waals surface area contributed by atoms with Crippen molar-refractivity contribution in [2.75, 3.05) is 0 Å². The van der Waals surface area contributed by atoms with E-state index in [4.69, 9.17) is 0 Å². The van der Waals surface area contributed by atoms with E-state index in [1.165, 1.54) is 0 Å². The van der Waals surface area contributed by atoms with Gasteiger partial charge in [0, 0.05) is 19.2 Å². The molecule has 0 saturated heterocycles. The minimum absolute atomic E-state index is 0.580. The van der Waals surface area contributed by atoms with Crippen molar-refractivity contribution >= 4 is 0 Å². The first-order valence-electron chi connectivity index (χ1n) is 6.32. The molecule has 0 amide bonds. The van der Waals surface area contributed by atoms with Crippen LogP contribution >= 0.6 is 0 Å². The Morgan fingerprint density at radius 2 is 2.17 bits per heavy atom. The summed E-state index contributed by atoms with van der Waals surface area (Å²) >= 11 is 0. The fourth-order valence-corrected chi connectivity index (χ4v) is 2.15. The fourth-order valence-electron chi connectivity index (χ4n) is 2.15. The number of rotatable bonds is 4. The second kappa shape index (κ2) is 4.94. The summed E-state index contributed by atoms with van der Waals surface area (Å²) in [6.07, 6.45) is 4.40. The van der Waals surface area contributed by atoms with Gasteiger partial charge in [-0.2, -0.15) is 5.10 Å². The molecule has 3 heteroatoms. The number of hydrogen-bond donors (Lipinski definition) is 1. The van der Waals surface area contributed by atoms with Crippen LogP contribution in [0.3, 0.4) is 0 Å². The van der Waals surface area contributed by atoms with Crippen LogP contribution in [0.5, 0.6) is 0 Å². The number of hydrogen-bond acceptors (Lipinski definition) is 2. The Hall–Kier alpha value is -1.61. The summed E-state index contributed by atoms with van der Waals surface area (Å²) in [7, 11) is 0. The van der Waals surface area contributed by atoms with Crippen molar-refractivity contribution in [3.05, 3.63) is 53.3 Å². The van der Waals surface area contributed by atoms with Gasteiger partial charge in [-0.25, -0.2) is 0 Å². The van der Waals surface area contributed by atoms with E-state index in [2.05, 4.69) is 12.0 Å². The minimum atomic E-state index is -0.854. The highest BCUT2D eigenvalue weighted by Crippen LogP contribution is 2.25. The zero-order valence-corrected chi connectivity index (χ0v) is 11.2. The Kier molecular flexibility index (Phi) is 3.53. The van der Waals surface area contributed by atoms with Crippen molar-refractivity contribution in [3.8, 4) is 0 Å². The molecular weight excluding hydrogens is 224 g/mol. The Morgan fingerprint density at radius 1 is 1.39 bits per heavy atom. The highest BCUT2D eigenvalue weighted by atomic mass is 16.3. The van der Waals surface area contributed by atoms with E-state index in [-0.39, 0.29) is 0 Å². The molecule has 2 aromatic rings. The molecule has 1 atom stereocenters. The molecule has 1 unspecified atom stereocenters. The molecule has 0 fully saturated rings. The van der Waals surface area contributed by atoms with Gasteiger partial charge in [-0.1, -0.05) is 29.8 Å². The molecule has 18 heavy (non-hydrogen) atoms. The maximum absolute atomic E-state index is 10.6. The van der Waals surface area contributed by atoms with Crippen LogP contribution in [-0.4, -0.2) is 14.9 Å². The van der Waals surface area contributed by atoms with E-state index in [1.54, 1.807) is 0 Å². The zero-order valence-electron chi connectivity index (χ0n) is 11.2. The van der Waals surface area contributed by atoms with Gasteiger partial charge < -0.3 is 5.11 Å². The van der Waals surface area contributed by atoms with Crippen molar-refractivity contribution in [1.29, 1.82) is 0 Å². The molecule has 0 saturated carbocycles. The van der Waals surface area contributed by atoms with Crippen molar-refractivity contribution in [2.45, 2.75) is 39.3 Å². The van der Waals surface area contributed by atoms with Crippen molar-refractivity contribution in [1.82, 2.24) is 9.78 Å². The number of nitrogens with zero attached hydrogens (tertiary/aromatic N) is 2. The summed E-state index contributed by atoms with van der Waals surface area (Å²) in [5, 5.41) is 14.8. The summed E-state index contributed by atoms with van der Waals surface area (Å²) in [5.41, 5.74) is 2.32. The van der Waals surface area contributed by atoms with Gasteiger partial charge in [-0.3, -0.25) is 4.68 Å². The maximum Gasteiger partial charge on any atom is 0.0909 e. The maximum atomic E-state index is 10.6. The molecule has 96 valence electrons. The van der Waals surface area contributed by atoms with Gasteiger partial charge in [-0.05, 0) is 31.9 Å². The monoisotopic (exact) mass is 244 g/mol. The Bertz CT molecular complexity index is 529. The molecule has 2 rings (SSSR count). The summed E-state index contributed by atoms with van der Waals surface area (Å²) in [4.78, 5) is 0. The molecule has 0 aliphatic carbocycles. The lowest BCUT2D eigenvalue weighted by Crippen LogP contribution is -2.24. The third-order valence-corrected chi connectivity index (χ3v) is 3.20. The predicted octanol–water partition coefficient (Wildman–Crippen LogP) is 2.66. The normalized spacial score (nSPS) is 14.4. The lowest BCUT2D eigenvalue weighted by atomic mass is 9.89. The first-order chi connectivity index (χ1) is 8.51. The molecule has 0 aliphatic heterocycles. The molecule has 1 heterocycles. The van der Waals surface area contributed by atoms with Crippen LogP contribution in [0.25, 0.3) is 0 Å². The predicted molar refractivity (Wildman–Crippen MR) is 72.4 cm³/mol. The van der Waals surface area contributed by atoms with Crippen LogP contribution in [0.4, 0.5) is 0 Å². The van der Waals surface area contributed by atoms with Gasteiger partial charge in [0.1, 0.15) is 0 Å². The van der Waals surface area contributed by atoms with Gasteiger partial charge >= 0.3 is 0 Å². The summed E-state index contributed by atoms with van der Waals surface area (Å²) in [6.45, 7) is 6.79. The molecule has 1 N–H and O–H groups in total. The SMILES string of the molecule is CCn1cc(CC(C)(O)c2cccc(C)c2)cn1. The third-order valence-electron chi connectivity index (χ3n) is 3.20. The van der Waals surface area contributed by atoms with Gasteiger partial charge in [0.2, 0.25) is 0 Å². The van der Waals surface area contributed by atoms with E-state index in [0.29, 0.717) is 6.42 Å². The fraction of sp³-hybridized carbons (Fsp3) is 0.400. The highest BCUT2D eigenvalue weighted by Gasteiger charge is 2.24. The number of aryl methyl sites for hydroxylation is 2. The van der Waals surface area contributed by atoms with E-state index >= 15 is 0 Å². The number of benzene rings is 1. The molecule has 0 spiro atoms. The molecular formula is C15H20N2O. The Morgan fingerprint density at radius 3 is 2.78 bits per heavy atom. The van der Waals surface area contributed by atoms with Gasteiger partial charge in [0.25, 0.3) is 0 Å². The first kappa shape index (κ1) is 12.8.